The molecule has 1 aromatic carbocycles. The molecule has 106 valence electrons. The fraction of sp³-hybridized carbons (Fsp3) is 0.625. The fourth-order valence-corrected chi connectivity index (χ4v) is 4.59. The van der Waals surface area contributed by atoms with Gasteiger partial charge in [-0.1, -0.05) is 39.3 Å². The fourth-order valence-electron chi connectivity index (χ4n) is 3.04. The third-order valence-corrected chi connectivity index (χ3v) is 5.46. The third-order valence-electron chi connectivity index (χ3n) is 4.06. The Hall–Kier alpha value is -0.540. The van der Waals surface area contributed by atoms with E-state index in [0.29, 0.717) is 11.3 Å². The van der Waals surface area contributed by atoms with E-state index in [9.17, 15) is 4.39 Å². The van der Waals surface area contributed by atoms with E-state index >= 15 is 0 Å². The van der Waals surface area contributed by atoms with Crippen LogP contribution >= 0.6 is 11.8 Å². The molecule has 2 unspecified atom stereocenters. The molecule has 1 aromatic rings. The topological polar surface area (TPSA) is 12.0 Å². The van der Waals surface area contributed by atoms with Crippen molar-refractivity contribution in [2.45, 2.75) is 56.2 Å². The molecule has 0 aliphatic heterocycles. The lowest BCUT2D eigenvalue weighted by molar-refractivity contribution is 0.176. The standard InChI is InChI=1S/C16H24FNS/c1-4-18-15-14(10-7-11-16(15,2)3)19-13-9-6-5-8-12(13)17/h5-6,8-9,14-15,18H,4,7,10-11H2,1-3H3. The first-order valence-electron chi connectivity index (χ1n) is 7.19. The molecule has 0 aromatic heterocycles. The summed E-state index contributed by atoms with van der Waals surface area (Å²) >= 11 is 1.70. The molecular formula is C16H24FNS. The molecule has 2 atom stereocenters. The van der Waals surface area contributed by atoms with E-state index in [4.69, 9.17) is 0 Å². The molecule has 0 saturated heterocycles. The van der Waals surface area contributed by atoms with Crippen molar-refractivity contribution in [3.05, 3.63) is 30.1 Å². The molecular weight excluding hydrogens is 257 g/mol. The molecule has 19 heavy (non-hydrogen) atoms. The van der Waals surface area contributed by atoms with E-state index < -0.39 is 0 Å². The summed E-state index contributed by atoms with van der Waals surface area (Å²) in [7, 11) is 0. The van der Waals surface area contributed by atoms with Crippen LogP contribution in [-0.2, 0) is 0 Å². The lowest BCUT2D eigenvalue weighted by Crippen LogP contribution is -2.51. The predicted octanol–water partition coefficient (Wildman–Crippen LogP) is 4.47. The molecule has 1 N–H and O–H groups in total. The van der Waals surface area contributed by atoms with Crippen molar-refractivity contribution >= 4 is 11.8 Å². The summed E-state index contributed by atoms with van der Waals surface area (Å²) < 4.78 is 13.8. The Bertz CT molecular complexity index is 419. The smallest absolute Gasteiger partial charge is 0.136 e. The van der Waals surface area contributed by atoms with Crippen molar-refractivity contribution in [1.29, 1.82) is 0 Å². The molecule has 0 spiro atoms. The van der Waals surface area contributed by atoms with Crippen LogP contribution in [0, 0.1) is 11.2 Å². The largest absolute Gasteiger partial charge is 0.313 e. The number of hydrogen-bond acceptors (Lipinski definition) is 2. The van der Waals surface area contributed by atoms with Gasteiger partial charge in [-0.05, 0) is 36.9 Å². The molecule has 0 radical (unpaired) electrons. The van der Waals surface area contributed by atoms with Gasteiger partial charge in [0.1, 0.15) is 5.82 Å². The molecule has 1 saturated carbocycles. The van der Waals surface area contributed by atoms with Gasteiger partial charge in [0.15, 0.2) is 0 Å². The molecule has 0 amide bonds. The average Bonchev–Trinajstić information content (AvgIpc) is 2.36. The van der Waals surface area contributed by atoms with Gasteiger partial charge in [0.25, 0.3) is 0 Å². The predicted molar refractivity (Wildman–Crippen MR) is 81.1 cm³/mol. The maximum Gasteiger partial charge on any atom is 0.136 e. The minimum Gasteiger partial charge on any atom is -0.313 e. The number of halogens is 1. The van der Waals surface area contributed by atoms with E-state index in [2.05, 4.69) is 26.1 Å². The van der Waals surface area contributed by atoms with Crippen LogP contribution in [0.15, 0.2) is 29.2 Å². The Morgan fingerprint density at radius 2 is 2.11 bits per heavy atom. The molecule has 0 bridgehead atoms. The summed E-state index contributed by atoms with van der Waals surface area (Å²) in [6.45, 7) is 7.78. The minimum atomic E-state index is -0.0915. The van der Waals surface area contributed by atoms with Crippen molar-refractivity contribution in [3.8, 4) is 0 Å². The normalized spacial score (nSPS) is 26.3. The van der Waals surface area contributed by atoms with Gasteiger partial charge in [-0.15, -0.1) is 11.8 Å². The lowest BCUT2D eigenvalue weighted by atomic mass is 9.73. The maximum absolute atomic E-state index is 13.8. The average molecular weight is 281 g/mol. The van der Waals surface area contributed by atoms with E-state index in [1.54, 1.807) is 23.9 Å². The first-order chi connectivity index (χ1) is 9.04. The van der Waals surface area contributed by atoms with Gasteiger partial charge in [-0.3, -0.25) is 0 Å². The van der Waals surface area contributed by atoms with Crippen LogP contribution in [0.5, 0.6) is 0 Å². The highest BCUT2D eigenvalue weighted by Gasteiger charge is 2.39. The van der Waals surface area contributed by atoms with Gasteiger partial charge in [0, 0.05) is 16.2 Å². The first kappa shape index (κ1) is 14.9. The van der Waals surface area contributed by atoms with Crippen molar-refractivity contribution in [2.75, 3.05) is 6.54 Å². The highest BCUT2D eigenvalue weighted by atomic mass is 32.2. The van der Waals surface area contributed by atoms with Crippen molar-refractivity contribution < 1.29 is 4.39 Å². The molecule has 1 nitrogen and oxygen atoms in total. The number of nitrogens with one attached hydrogen (secondary N) is 1. The van der Waals surface area contributed by atoms with Crippen LogP contribution in [0.2, 0.25) is 0 Å². The zero-order valence-corrected chi connectivity index (χ0v) is 12.9. The van der Waals surface area contributed by atoms with E-state index in [-0.39, 0.29) is 11.2 Å². The first-order valence-corrected chi connectivity index (χ1v) is 8.07. The van der Waals surface area contributed by atoms with Crippen LogP contribution in [0.4, 0.5) is 4.39 Å². The zero-order valence-electron chi connectivity index (χ0n) is 12.1. The van der Waals surface area contributed by atoms with Gasteiger partial charge in [-0.25, -0.2) is 4.39 Å². The SMILES string of the molecule is CCNC1C(Sc2ccccc2F)CCCC1(C)C. The Balaban J connectivity index is 2.15. The van der Waals surface area contributed by atoms with E-state index in [0.717, 1.165) is 11.4 Å². The molecule has 1 aliphatic rings. The summed E-state index contributed by atoms with van der Waals surface area (Å²) in [4.78, 5) is 0.785. The second-order valence-electron chi connectivity index (χ2n) is 6.00. The third kappa shape index (κ3) is 3.51. The van der Waals surface area contributed by atoms with Crippen LogP contribution in [0.1, 0.15) is 40.0 Å². The molecule has 2 rings (SSSR count). The lowest BCUT2D eigenvalue weighted by Gasteiger charge is -2.44. The van der Waals surface area contributed by atoms with Crippen LogP contribution in [0.3, 0.4) is 0 Å². The second kappa shape index (κ2) is 6.27. The highest BCUT2D eigenvalue weighted by Crippen LogP contribution is 2.43. The van der Waals surface area contributed by atoms with Gasteiger partial charge < -0.3 is 5.32 Å². The molecule has 0 heterocycles. The quantitative estimate of drug-likeness (QED) is 0.873. The molecule has 1 aliphatic carbocycles. The Morgan fingerprint density at radius 1 is 1.37 bits per heavy atom. The number of thioether (sulfide) groups is 1. The van der Waals surface area contributed by atoms with Gasteiger partial charge >= 0.3 is 0 Å². The Kier molecular flexibility index (Phi) is 4.91. The zero-order chi connectivity index (χ0) is 13.9. The summed E-state index contributed by atoms with van der Waals surface area (Å²) in [5, 5.41) is 4.08. The number of rotatable bonds is 4. The number of benzene rings is 1. The van der Waals surface area contributed by atoms with Crippen LogP contribution < -0.4 is 5.32 Å². The van der Waals surface area contributed by atoms with E-state index in [1.165, 1.54) is 19.3 Å². The number of hydrogen-bond donors (Lipinski definition) is 1. The summed E-state index contributed by atoms with van der Waals surface area (Å²) in [6.07, 6.45) is 3.65. The Morgan fingerprint density at radius 3 is 2.79 bits per heavy atom. The molecule has 3 heteroatoms. The van der Waals surface area contributed by atoms with Gasteiger partial charge in [-0.2, -0.15) is 0 Å². The summed E-state index contributed by atoms with van der Waals surface area (Å²) in [5.74, 6) is -0.0915. The maximum atomic E-state index is 13.8. The molecule has 1 fully saturated rings. The monoisotopic (exact) mass is 281 g/mol. The minimum absolute atomic E-state index is 0.0915. The van der Waals surface area contributed by atoms with Gasteiger partial charge in [0.05, 0.1) is 0 Å². The van der Waals surface area contributed by atoms with Gasteiger partial charge in [0.2, 0.25) is 0 Å². The second-order valence-corrected chi connectivity index (χ2v) is 7.28. The highest BCUT2D eigenvalue weighted by molar-refractivity contribution is 8.00. The van der Waals surface area contributed by atoms with Crippen LogP contribution in [0.25, 0.3) is 0 Å². The van der Waals surface area contributed by atoms with E-state index in [1.807, 2.05) is 12.1 Å². The summed E-state index contributed by atoms with van der Waals surface area (Å²) in [5.41, 5.74) is 0.289. The summed E-state index contributed by atoms with van der Waals surface area (Å²) in [6, 6.07) is 7.58. The Labute approximate surface area is 120 Å². The van der Waals surface area contributed by atoms with Crippen molar-refractivity contribution in [3.63, 3.8) is 0 Å². The van der Waals surface area contributed by atoms with Crippen molar-refractivity contribution in [1.82, 2.24) is 5.32 Å². The van der Waals surface area contributed by atoms with Crippen LogP contribution in [-0.4, -0.2) is 17.8 Å². The van der Waals surface area contributed by atoms with Crippen molar-refractivity contribution in [2.24, 2.45) is 5.41 Å².